The first-order chi connectivity index (χ1) is 11.0. The highest BCUT2D eigenvalue weighted by Crippen LogP contribution is 2.29. The number of halogens is 3. The lowest BCUT2D eigenvalue weighted by Gasteiger charge is -2.10. The van der Waals surface area contributed by atoms with Crippen LogP contribution in [0.5, 0.6) is 0 Å². The minimum Gasteiger partial charge on any atom is -0.331 e. The van der Waals surface area contributed by atoms with Crippen LogP contribution in [-0.2, 0) is 4.79 Å². The van der Waals surface area contributed by atoms with Crippen molar-refractivity contribution in [1.29, 1.82) is 0 Å². The van der Waals surface area contributed by atoms with Gasteiger partial charge in [0.05, 0.1) is 15.7 Å². The van der Waals surface area contributed by atoms with Crippen LogP contribution < -0.4 is 10.6 Å². The molecule has 118 valence electrons. The number of amides is 1. The van der Waals surface area contributed by atoms with Crippen molar-refractivity contribution in [3.8, 4) is 0 Å². The molecule has 0 aliphatic carbocycles. The molecule has 0 atom stereocenters. The maximum absolute atomic E-state index is 12.8. The Morgan fingerprint density at radius 1 is 1.13 bits per heavy atom. The fraction of sp³-hybridized carbons (Fsp3) is 0. The highest BCUT2D eigenvalue weighted by Gasteiger charge is 2.07. The van der Waals surface area contributed by atoms with Gasteiger partial charge in [0.25, 0.3) is 0 Å². The zero-order valence-electron chi connectivity index (χ0n) is 11.6. The standard InChI is InChI=1S/C16H11Cl2FN2OS/c17-12-2-1-3-13(15(12)18)20-16(23)21-14(22)9-6-10-4-7-11(19)8-5-10/h1-9H,(H2,20,21,22,23). The van der Waals surface area contributed by atoms with E-state index in [1.165, 1.54) is 18.2 Å². The van der Waals surface area contributed by atoms with Crippen molar-refractivity contribution < 1.29 is 9.18 Å². The lowest BCUT2D eigenvalue weighted by molar-refractivity contribution is -0.115. The van der Waals surface area contributed by atoms with Crippen LogP contribution in [0.25, 0.3) is 6.08 Å². The van der Waals surface area contributed by atoms with Crippen LogP contribution in [0.3, 0.4) is 0 Å². The molecule has 0 radical (unpaired) electrons. The monoisotopic (exact) mass is 368 g/mol. The van der Waals surface area contributed by atoms with E-state index in [1.807, 2.05) is 0 Å². The molecule has 3 nitrogen and oxygen atoms in total. The molecule has 7 heteroatoms. The van der Waals surface area contributed by atoms with Gasteiger partial charge in [-0.2, -0.15) is 0 Å². The van der Waals surface area contributed by atoms with E-state index in [1.54, 1.807) is 36.4 Å². The van der Waals surface area contributed by atoms with Gasteiger partial charge in [-0.3, -0.25) is 10.1 Å². The summed E-state index contributed by atoms with van der Waals surface area (Å²) in [5.41, 5.74) is 1.19. The molecule has 2 aromatic carbocycles. The topological polar surface area (TPSA) is 41.1 Å². The van der Waals surface area contributed by atoms with E-state index in [4.69, 9.17) is 35.4 Å². The maximum atomic E-state index is 12.8. The van der Waals surface area contributed by atoms with Gasteiger partial charge in [0, 0.05) is 6.08 Å². The third-order valence-electron chi connectivity index (χ3n) is 2.73. The van der Waals surface area contributed by atoms with Crippen LogP contribution in [0.4, 0.5) is 10.1 Å². The summed E-state index contributed by atoms with van der Waals surface area (Å²) < 4.78 is 12.8. The SMILES string of the molecule is O=C(C=Cc1ccc(F)cc1)NC(=S)Nc1cccc(Cl)c1Cl. The first-order valence-electron chi connectivity index (χ1n) is 6.45. The second kappa shape index (κ2) is 8.06. The predicted octanol–water partition coefficient (Wildman–Crippen LogP) is 4.66. The van der Waals surface area contributed by atoms with Crippen molar-refractivity contribution >= 4 is 58.2 Å². The average Bonchev–Trinajstić information content (AvgIpc) is 2.51. The Morgan fingerprint density at radius 2 is 1.83 bits per heavy atom. The predicted molar refractivity (Wildman–Crippen MR) is 96.3 cm³/mol. The van der Waals surface area contributed by atoms with Crippen LogP contribution in [0, 0.1) is 5.82 Å². The molecule has 0 aliphatic rings. The van der Waals surface area contributed by atoms with Crippen molar-refractivity contribution in [2.75, 3.05) is 5.32 Å². The van der Waals surface area contributed by atoms with Gasteiger partial charge in [-0.1, -0.05) is 41.4 Å². The molecule has 0 unspecified atom stereocenters. The molecule has 0 heterocycles. The lowest BCUT2D eigenvalue weighted by Crippen LogP contribution is -2.32. The van der Waals surface area contributed by atoms with E-state index in [0.29, 0.717) is 21.3 Å². The van der Waals surface area contributed by atoms with Gasteiger partial charge in [-0.05, 0) is 48.1 Å². The zero-order valence-corrected chi connectivity index (χ0v) is 14.0. The number of thiocarbonyl (C=S) groups is 1. The van der Waals surface area contributed by atoms with Crippen molar-refractivity contribution in [3.63, 3.8) is 0 Å². The maximum Gasteiger partial charge on any atom is 0.250 e. The number of carbonyl (C=O) groups excluding carboxylic acids is 1. The normalized spacial score (nSPS) is 10.6. The van der Waals surface area contributed by atoms with E-state index < -0.39 is 5.91 Å². The van der Waals surface area contributed by atoms with Gasteiger partial charge in [0.2, 0.25) is 5.91 Å². The first-order valence-corrected chi connectivity index (χ1v) is 7.62. The molecule has 0 saturated carbocycles. The number of hydrogen-bond donors (Lipinski definition) is 2. The van der Waals surface area contributed by atoms with E-state index in [0.717, 1.165) is 0 Å². The minimum absolute atomic E-state index is 0.0860. The second-order valence-electron chi connectivity index (χ2n) is 4.43. The number of benzene rings is 2. The molecule has 2 N–H and O–H groups in total. The molecular formula is C16H11Cl2FN2OS. The third-order valence-corrected chi connectivity index (χ3v) is 3.76. The zero-order chi connectivity index (χ0) is 16.8. The van der Waals surface area contributed by atoms with Crippen molar-refractivity contribution in [3.05, 3.63) is 70.0 Å². The Morgan fingerprint density at radius 3 is 2.52 bits per heavy atom. The fourth-order valence-electron chi connectivity index (χ4n) is 1.65. The molecule has 0 aliphatic heterocycles. The summed E-state index contributed by atoms with van der Waals surface area (Å²) in [6, 6.07) is 10.8. The quantitative estimate of drug-likeness (QED) is 0.611. The van der Waals surface area contributed by atoms with Crippen molar-refractivity contribution in [2.45, 2.75) is 0 Å². The Kier molecular flexibility index (Phi) is 6.10. The molecule has 0 bridgehead atoms. The van der Waals surface area contributed by atoms with Gasteiger partial charge < -0.3 is 5.32 Å². The summed E-state index contributed by atoms with van der Waals surface area (Å²) in [7, 11) is 0. The Hall–Kier alpha value is -1.95. The third kappa shape index (κ3) is 5.32. The lowest BCUT2D eigenvalue weighted by atomic mass is 10.2. The minimum atomic E-state index is -0.426. The number of hydrogen-bond acceptors (Lipinski definition) is 2. The largest absolute Gasteiger partial charge is 0.331 e. The van der Waals surface area contributed by atoms with Crippen molar-refractivity contribution in [2.24, 2.45) is 0 Å². The first kappa shape index (κ1) is 17.4. The molecule has 2 rings (SSSR count). The molecule has 0 fully saturated rings. The molecule has 0 spiro atoms. The van der Waals surface area contributed by atoms with Crippen LogP contribution in [0.15, 0.2) is 48.5 Å². The average molecular weight is 369 g/mol. The van der Waals surface area contributed by atoms with E-state index in [-0.39, 0.29) is 10.9 Å². The molecule has 1 amide bonds. The van der Waals surface area contributed by atoms with Gasteiger partial charge in [0.1, 0.15) is 5.82 Å². The van der Waals surface area contributed by atoms with E-state index in [2.05, 4.69) is 10.6 Å². The summed E-state index contributed by atoms with van der Waals surface area (Å²) >= 11 is 16.9. The summed E-state index contributed by atoms with van der Waals surface area (Å²) in [5, 5.41) is 6.04. The molecule has 2 aromatic rings. The molecule has 0 saturated heterocycles. The molecule has 0 aromatic heterocycles. The number of nitrogens with one attached hydrogen (secondary N) is 2. The Labute approximate surface area is 148 Å². The van der Waals surface area contributed by atoms with Crippen LogP contribution in [-0.4, -0.2) is 11.0 Å². The van der Waals surface area contributed by atoms with E-state index in [9.17, 15) is 9.18 Å². The van der Waals surface area contributed by atoms with Crippen LogP contribution >= 0.6 is 35.4 Å². The summed E-state index contributed by atoms with van der Waals surface area (Å²) in [4.78, 5) is 11.8. The highest BCUT2D eigenvalue weighted by molar-refractivity contribution is 7.80. The Bertz CT molecular complexity index is 763. The number of anilines is 1. The summed E-state index contributed by atoms with van der Waals surface area (Å²) in [6.07, 6.45) is 2.84. The van der Waals surface area contributed by atoms with Gasteiger partial charge in [-0.25, -0.2) is 4.39 Å². The van der Waals surface area contributed by atoms with Crippen LogP contribution in [0.2, 0.25) is 10.0 Å². The fourth-order valence-corrected chi connectivity index (χ4v) is 2.21. The Balaban J connectivity index is 1.93. The van der Waals surface area contributed by atoms with Crippen molar-refractivity contribution in [1.82, 2.24) is 5.32 Å². The van der Waals surface area contributed by atoms with Gasteiger partial charge in [0.15, 0.2) is 5.11 Å². The summed E-state index contributed by atoms with van der Waals surface area (Å²) in [6.45, 7) is 0. The smallest absolute Gasteiger partial charge is 0.250 e. The summed E-state index contributed by atoms with van der Waals surface area (Å²) in [5.74, 6) is -0.764. The number of rotatable bonds is 3. The highest BCUT2D eigenvalue weighted by atomic mass is 35.5. The van der Waals surface area contributed by atoms with Gasteiger partial charge in [-0.15, -0.1) is 0 Å². The molecule has 23 heavy (non-hydrogen) atoms. The van der Waals surface area contributed by atoms with Crippen LogP contribution in [0.1, 0.15) is 5.56 Å². The van der Waals surface area contributed by atoms with Gasteiger partial charge >= 0.3 is 0 Å². The second-order valence-corrected chi connectivity index (χ2v) is 5.62. The number of carbonyl (C=O) groups is 1. The molecular weight excluding hydrogens is 358 g/mol. The van der Waals surface area contributed by atoms with E-state index >= 15 is 0 Å².